The van der Waals surface area contributed by atoms with Crippen molar-refractivity contribution in [2.24, 2.45) is 0 Å². The van der Waals surface area contributed by atoms with Gasteiger partial charge in [-0.1, -0.05) is 51.4 Å². The molecule has 0 aromatic heterocycles. The number of esters is 1. The molecule has 0 fully saturated rings. The maximum absolute atomic E-state index is 11.4. The predicted molar refractivity (Wildman–Crippen MR) is 85.7 cm³/mol. The zero-order valence-corrected chi connectivity index (χ0v) is 13.8. The highest BCUT2D eigenvalue weighted by atomic mass is 79.9. The smallest absolute Gasteiger partial charge is 0.323 e. The van der Waals surface area contributed by atoms with E-state index in [-0.39, 0.29) is 5.97 Å². The lowest BCUT2D eigenvalue weighted by Gasteiger charge is -2.08. The van der Waals surface area contributed by atoms with Crippen LogP contribution >= 0.6 is 39.3 Å². The van der Waals surface area contributed by atoms with Crippen molar-refractivity contribution in [2.75, 3.05) is 7.11 Å². The summed E-state index contributed by atoms with van der Waals surface area (Å²) >= 11 is 10.8. The quantitative estimate of drug-likeness (QED) is 0.552. The van der Waals surface area contributed by atoms with E-state index >= 15 is 0 Å². The largest absolute Gasteiger partial charge is 0.468 e. The molecule has 5 heteroatoms. The fraction of sp³-hybridized carbons (Fsp3) is 0.133. The van der Waals surface area contributed by atoms with E-state index in [2.05, 4.69) is 15.9 Å². The summed E-state index contributed by atoms with van der Waals surface area (Å²) < 4.78 is 4.70. The molecule has 2 rings (SSSR count). The summed E-state index contributed by atoms with van der Waals surface area (Å²) in [6, 6.07) is 15.5. The zero-order chi connectivity index (χ0) is 14.5. The van der Waals surface area contributed by atoms with E-state index < -0.39 is 4.83 Å². The Kier molecular flexibility index (Phi) is 5.52. The molecule has 2 nitrogen and oxygen atoms in total. The average Bonchev–Trinajstić information content (AvgIpc) is 2.49. The van der Waals surface area contributed by atoms with Gasteiger partial charge in [0.2, 0.25) is 0 Å². The lowest BCUT2D eigenvalue weighted by Crippen LogP contribution is -2.07. The maximum Gasteiger partial charge on any atom is 0.323 e. The Bertz CT molecular complexity index is 584. The SMILES string of the molecule is COC(=O)C(Br)c1ccc(Sc2ccc(Cl)cc2)cc1. The van der Waals surface area contributed by atoms with Crippen LogP contribution in [0.3, 0.4) is 0 Å². The van der Waals surface area contributed by atoms with Crippen molar-refractivity contribution in [1.82, 2.24) is 0 Å². The van der Waals surface area contributed by atoms with Crippen molar-refractivity contribution >= 4 is 45.3 Å². The summed E-state index contributed by atoms with van der Waals surface area (Å²) in [5.74, 6) is -0.303. The first kappa shape index (κ1) is 15.4. The van der Waals surface area contributed by atoms with E-state index in [4.69, 9.17) is 16.3 Å². The van der Waals surface area contributed by atoms with Crippen LogP contribution in [-0.2, 0) is 9.53 Å². The van der Waals surface area contributed by atoms with Gasteiger partial charge in [0.25, 0.3) is 0 Å². The van der Waals surface area contributed by atoms with Gasteiger partial charge in [-0.3, -0.25) is 4.79 Å². The monoisotopic (exact) mass is 370 g/mol. The fourth-order valence-electron chi connectivity index (χ4n) is 1.58. The molecule has 0 aliphatic carbocycles. The molecule has 104 valence electrons. The highest BCUT2D eigenvalue weighted by molar-refractivity contribution is 9.09. The second-order valence-electron chi connectivity index (χ2n) is 4.01. The van der Waals surface area contributed by atoms with E-state index in [1.165, 1.54) is 7.11 Å². The van der Waals surface area contributed by atoms with Crippen LogP contribution in [-0.4, -0.2) is 13.1 Å². The number of methoxy groups -OCH3 is 1. The summed E-state index contributed by atoms with van der Waals surface area (Å²) in [6.45, 7) is 0. The van der Waals surface area contributed by atoms with Crippen molar-refractivity contribution in [3.63, 3.8) is 0 Å². The van der Waals surface area contributed by atoms with Gasteiger partial charge in [-0.15, -0.1) is 0 Å². The van der Waals surface area contributed by atoms with Crippen LogP contribution in [0.1, 0.15) is 10.4 Å². The van der Waals surface area contributed by atoms with Gasteiger partial charge < -0.3 is 4.74 Å². The molecule has 0 saturated heterocycles. The van der Waals surface area contributed by atoms with Crippen LogP contribution in [0.4, 0.5) is 0 Å². The number of alkyl halides is 1. The van der Waals surface area contributed by atoms with Crippen molar-refractivity contribution in [3.05, 3.63) is 59.1 Å². The zero-order valence-electron chi connectivity index (χ0n) is 10.7. The molecule has 0 saturated carbocycles. The van der Waals surface area contributed by atoms with Gasteiger partial charge in [-0.25, -0.2) is 0 Å². The average molecular weight is 372 g/mol. The Morgan fingerprint density at radius 2 is 1.60 bits per heavy atom. The Morgan fingerprint density at radius 3 is 2.10 bits per heavy atom. The van der Waals surface area contributed by atoms with Crippen LogP contribution in [0.5, 0.6) is 0 Å². The number of carbonyl (C=O) groups excluding carboxylic acids is 1. The van der Waals surface area contributed by atoms with E-state index in [1.54, 1.807) is 11.8 Å². The molecule has 20 heavy (non-hydrogen) atoms. The normalized spacial score (nSPS) is 11.9. The molecule has 2 aromatic carbocycles. The number of rotatable bonds is 4. The molecule has 1 atom stereocenters. The molecule has 0 heterocycles. The Balaban J connectivity index is 2.08. The molecule has 0 aliphatic heterocycles. The van der Waals surface area contributed by atoms with E-state index in [1.807, 2.05) is 48.5 Å². The topological polar surface area (TPSA) is 26.3 Å². The molecule has 0 aliphatic rings. The maximum atomic E-state index is 11.4. The molecule has 0 amide bonds. The van der Waals surface area contributed by atoms with E-state index in [9.17, 15) is 4.79 Å². The Hall–Kier alpha value is -0.970. The molecule has 0 N–H and O–H groups in total. The molecule has 1 unspecified atom stereocenters. The van der Waals surface area contributed by atoms with Gasteiger partial charge in [0.1, 0.15) is 4.83 Å². The van der Waals surface area contributed by atoms with Crippen LogP contribution in [0.2, 0.25) is 5.02 Å². The first-order valence-electron chi connectivity index (χ1n) is 5.85. The fourth-order valence-corrected chi connectivity index (χ4v) is 3.02. The highest BCUT2D eigenvalue weighted by Gasteiger charge is 2.17. The minimum Gasteiger partial charge on any atom is -0.468 e. The van der Waals surface area contributed by atoms with Gasteiger partial charge in [-0.05, 0) is 42.0 Å². The molecular weight excluding hydrogens is 360 g/mol. The van der Waals surface area contributed by atoms with Crippen molar-refractivity contribution in [3.8, 4) is 0 Å². The highest BCUT2D eigenvalue weighted by Crippen LogP contribution is 2.31. The number of ether oxygens (including phenoxy) is 1. The summed E-state index contributed by atoms with van der Waals surface area (Å²) in [7, 11) is 1.38. The summed E-state index contributed by atoms with van der Waals surface area (Å²) in [6.07, 6.45) is 0. The minimum absolute atomic E-state index is 0.303. The van der Waals surface area contributed by atoms with E-state index in [0.29, 0.717) is 0 Å². The number of hydrogen-bond donors (Lipinski definition) is 0. The third-order valence-corrected chi connectivity index (χ3v) is 4.80. The second kappa shape index (κ2) is 7.16. The molecular formula is C15H12BrClO2S. The second-order valence-corrected chi connectivity index (χ2v) is 6.51. The van der Waals surface area contributed by atoms with Gasteiger partial charge in [0.15, 0.2) is 0 Å². The van der Waals surface area contributed by atoms with E-state index in [0.717, 1.165) is 20.4 Å². The van der Waals surface area contributed by atoms with Gasteiger partial charge in [0.05, 0.1) is 7.11 Å². The standard InChI is InChI=1S/C15H12BrClO2S/c1-19-15(18)14(16)10-2-6-12(7-3-10)20-13-8-4-11(17)5-9-13/h2-9,14H,1H3. The molecule has 0 bridgehead atoms. The van der Waals surface area contributed by atoms with Gasteiger partial charge in [0, 0.05) is 14.8 Å². The summed E-state index contributed by atoms with van der Waals surface area (Å²) in [5, 5.41) is 0.727. The third kappa shape index (κ3) is 4.01. The van der Waals surface area contributed by atoms with Crippen molar-refractivity contribution < 1.29 is 9.53 Å². The lowest BCUT2D eigenvalue weighted by atomic mass is 10.1. The Labute approximate surface area is 135 Å². The van der Waals surface area contributed by atoms with Gasteiger partial charge in [-0.2, -0.15) is 0 Å². The number of hydrogen-bond acceptors (Lipinski definition) is 3. The first-order chi connectivity index (χ1) is 9.60. The van der Waals surface area contributed by atoms with Crippen LogP contribution in [0, 0.1) is 0 Å². The minimum atomic E-state index is -0.429. The van der Waals surface area contributed by atoms with Gasteiger partial charge >= 0.3 is 5.97 Å². The van der Waals surface area contributed by atoms with Crippen LogP contribution < -0.4 is 0 Å². The lowest BCUT2D eigenvalue weighted by molar-refractivity contribution is -0.139. The van der Waals surface area contributed by atoms with Crippen molar-refractivity contribution in [2.45, 2.75) is 14.6 Å². The van der Waals surface area contributed by atoms with Crippen LogP contribution in [0.15, 0.2) is 58.3 Å². The summed E-state index contributed by atoms with van der Waals surface area (Å²) in [4.78, 5) is 13.2. The molecule has 0 spiro atoms. The Morgan fingerprint density at radius 1 is 1.10 bits per heavy atom. The molecule has 0 radical (unpaired) electrons. The number of carbonyl (C=O) groups is 1. The molecule has 2 aromatic rings. The first-order valence-corrected chi connectivity index (χ1v) is 7.96. The summed E-state index contributed by atoms with van der Waals surface area (Å²) in [5.41, 5.74) is 0.873. The predicted octanol–water partition coefficient (Wildman–Crippen LogP) is 5.10. The van der Waals surface area contributed by atoms with Crippen LogP contribution in [0.25, 0.3) is 0 Å². The number of halogens is 2. The van der Waals surface area contributed by atoms with Crippen molar-refractivity contribution in [1.29, 1.82) is 0 Å². The third-order valence-electron chi connectivity index (χ3n) is 2.63. The number of benzene rings is 2.